The number of likely N-dealkylation sites (N-methyl/N-ethyl adjacent to an activating group) is 1. The molecular formula is C22H27INO5PS. The minimum absolute atomic E-state index is 0.130. The van der Waals surface area contributed by atoms with Crippen LogP contribution in [-0.4, -0.2) is 33.0 Å². The van der Waals surface area contributed by atoms with Crippen molar-refractivity contribution < 1.29 is 22.0 Å². The van der Waals surface area contributed by atoms with E-state index in [2.05, 4.69) is 6.58 Å². The number of allylic oxidation sites excluding steroid dienone is 1. The molecule has 0 aromatic heterocycles. The van der Waals surface area contributed by atoms with Gasteiger partial charge in [0.2, 0.25) is 0 Å². The van der Waals surface area contributed by atoms with Crippen molar-refractivity contribution in [3.8, 4) is 0 Å². The van der Waals surface area contributed by atoms with E-state index >= 15 is 0 Å². The van der Waals surface area contributed by atoms with Crippen LogP contribution in [0.15, 0.2) is 65.7 Å². The van der Waals surface area contributed by atoms with Crippen molar-refractivity contribution >= 4 is 40.2 Å². The molecule has 1 unspecified atom stereocenters. The second kappa shape index (κ2) is 8.98. The van der Waals surface area contributed by atoms with E-state index in [0.29, 0.717) is 9.13 Å². The normalized spacial score (nSPS) is 18.9. The van der Waals surface area contributed by atoms with E-state index in [1.807, 2.05) is 49.4 Å². The fourth-order valence-electron chi connectivity index (χ4n) is 3.24. The van der Waals surface area contributed by atoms with Crippen LogP contribution in [0.25, 0.3) is 0 Å². The summed E-state index contributed by atoms with van der Waals surface area (Å²) < 4.78 is 53.9. The topological polar surface area (TPSA) is 72.9 Å². The number of benzene rings is 2. The van der Waals surface area contributed by atoms with E-state index in [1.165, 1.54) is 7.05 Å². The second-order valence-corrected chi connectivity index (χ2v) is 13.7. The van der Waals surface area contributed by atoms with E-state index in [1.54, 1.807) is 42.5 Å². The Morgan fingerprint density at radius 2 is 1.74 bits per heavy atom. The molecule has 1 aliphatic heterocycles. The number of hydrogen-bond acceptors (Lipinski definition) is 5. The summed E-state index contributed by atoms with van der Waals surface area (Å²) in [5.74, 6) is 0. The monoisotopic (exact) mass is 575 g/mol. The molecule has 1 aliphatic rings. The summed E-state index contributed by atoms with van der Waals surface area (Å²) in [5, 5.41) is 0. The molecule has 1 atom stereocenters. The average Bonchev–Trinajstić information content (AvgIpc) is 2.70. The lowest BCUT2D eigenvalue weighted by Gasteiger charge is -2.39. The fraction of sp³-hybridized carbons (Fsp3) is 0.364. The average molecular weight is 575 g/mol. The molecule has 1 fully saturated rings. The molecule has 0 aliphatic carbocycles. The molecule has 2 aromatic rings. The molecular weight excluding hydrogens is 548 g/mol. The first-order valence-electron chi connectivity index (χ1n) is 9.75. The first-order chi connectivity index (χ1) is 14.4. The predicted molar refractivity (Wildman–Crippen MR) is 130 cm³/mol. The van der Waals surface area contributed by atoms with E-state index in [-0.39, 0.29) is 29.2 Å². The van der Waals surface area contributed by atoms with Crippen molar-refractivity contribution in [2.24, 2.45) is 5.41 Å². The van der Waals surface area contributed by atoms with Gasteiger partial charge in [0.25, 0.3) is 10.0 Å². The molecule has 0 N–H and O–H groups in total. The molecule has 168 valence electrons. The van der Waals surface area contributed by atoms with Crippen molar-refractivity contribution in [2.45, 2.75) is 31.3 Å². The van der Waals surface area contributed by atoms with Gasteiger partial charge in [-0.15, -0.1) is 0 Å². The lowest BCUT2D eigenvalue weighted by molar-refractivity contribution is 0.0386. The smallest absolute Gasteiger partial charge is 0.307 e. The van der Waals surface area contributed by atoms with Crippen LogP contribution in [0.3, 0.4) is 0 Å². The zero-order valence-corrected chi connectivity index (χ0v) is 21.9. The van der Waals surface area contributed by atoms with Gasteiger partial charge in [-0.1, -0.05) is 56.8 Å². The first kappa shape index (κ1) is 24.5. The molecule has 6 nitrogen and oxygen atoms in total. The fourth-order valence-corrected chi connectivity index (χ4v) is 8.58. The zero-order chi connectivity index (χ0) is 23.0. The maximum Gasteiger partial charge on any atom is 0.344 e. The van der Waals surface area contributed by atoms with Gasteiger partial charge in [0.05, 0.1) is 13.2 Å². The SMILES string of the molecule is C=C(C(c1ccccc1)P1(=O)OCC(C)(C)CO1)N(C)S(=O)(=O)c1ccc(C)cc1I. The van der Waals surface area contributed by atoms with Gasteiger partial charge < -0.3 is 9.05 Å². The summed E-state index contributed by atoms with van der Waals surface area (Å²) in [7, 11) is -6.24. The third-order valence-electron chi connectivity index (χ3n) is 5.15. The Labute approximate surface area is 198 Å². The van der Waals surface area contributed by atoms with E-state index in [9.17, 15) is 13.0 Å². The van der Waals surface area contributed by atoms with Crippen molar-refractivity contribution in [2.75, 3.05) is 20.3 Å². The van der Waals surface area contributed by atoms with E-state index in [0.717, 1.165) is 9.87 Å². The van der Waals surface area contributed by atoms with Gasteiger partial charge in [-0.3, -0.25) is 8.87 Å². The molecule has 0 amide bonds. The molecule has 0 spiro atoms. The quantitative estimate of drug-likeness (QED) is 0.325. The molecule has 2 aromatic carbocycles. The maximum atomic E-state index is 13.8. The number of halogens is 1. The van der Waals surface area contributed by atoms with Crippen LogP contribution in [-0.2, 0) is 23.6 Å². The van der Waals surface area contributed by atoms with Crippen LogP contribution in [0.2, 0.25) is 0 Å². The molecule has 1 heterocycles. The summed E-state index contributed by atoms with van der Waals surface area (Å²) in [6.45, 7) is 10.3. The lowest BCUT2D eigenvalue weighted by atomic mass is 9.97. The van der Waals surface area contributed by atoms with E-state index < -0.39 is 23.3 Å². The van der Waals surface area contributed by atoms with Crippen molar-refractivity contribution in [3.05, 3.63) is 75.5 Å². The lowest BCUT2D eigenvalue weighted by Crippen LogP contribution is -2.34. The Balaban J connectivity index is 2.03. The first-order valence-corrected chi connectivity index (χ1v) is 13.9. The Morgan fingerprint density at radius 3 is 2.29 bits per heavy atom. The summed E-state index contributed by atoms with van der Waals surface area (Å²) in [6, 6.07) is 14.1. The number of aryl methyl sites for hydroxylation is 1. The van der Waals surface area contributed by atoms with Crippen molar-refractivity contribution in [1.29, 1.82) is 0 Å². The van der Waals surface area contributed by atoms with Gasteiger partial charge >= 0.3 is 7.60 Å². The van der Waals surface area contributed by atoms with Crippen LogP contribution in [0.4, 0.5) is 0 Å². The molecule has 0 radical (unpaired) electrons. The molecule has 3 rings (SSSR count). The summed E-state index contributed by atoms with van der Waals surface area (Å²) in [4.78, 5) is 0.166. The Bertz CT molecular complexity index is 1120. The Morgan fingerprint density at radius 1 is 1.16 bits per heavy atom. The highest BCUT2D eigenvalue weighted by molar-refractivity contribution is 14.1. The van der Waals surface area contributed by atoms with Gasteiger partial charge in [-0.05, 0) is 52.8 Å². The molecule has 9 heteroatoms. The Hall–Kier alpha value is -1.19. The van der Waals surface area contributed by atoms with Crippen LogP contribution in [0.1, 0.15) is 30.6 Å². The second-order valence-electron chi connectivity index (χ2n) is 8.46. The van der Waals surface area contributed by atoms with Crippen LogP contribution in [0, 0.1) is 15.9 Å². The highest BCUT2D eigenvalue weighted by Gasteiger charge is 2.47. The van der Waals surface area contributed by atoms with Crippen molar-refractivity contribution in [3.63, 3.8) is 0 Å². The number of nitrogens with zero attached hydrogens (tertiary/aromatic N) is 1. The third kappa shape index (κ3) is 5.09. The maximum absolute atomic E-state index is 13.8. The minimum atomic E-state index is -3.93. The minimum Gasteiger partial charge on any atom is -0.307 e. The van der Waals surface area contributed by atoms with E-state index in [4.69, 9.17) is 9.05 Å². The van der Waals surface area contributed by atoms with Crippen LogP contribution in [0.5, 0.6) is 0 Å². The summed E-state index contributed by atoms with van der Waals surface area (Å²) in [5.41, 5.74) is 0.476. The number of sulfonamides is 1. The number of rotatable bonds is 6. The highest BCUT2D eigenvalue weighted by atomic mass is 127. The zero-order valence-electron chi connectivity index (χ0n) is 18.0. The highest BCUT2D eigenvalue weighted by Crippen LogP contribution is 2.66. The van der Waals surface area contributed by atoms with Gasteiger partial charge in [0.15, 0.2) is 0 Å². The molecule has 31 heavy (non-hydrogen) atoms. The van der Waals surface area contributed by atoms with Gasteiger partial charge in [0.1, 0.15) is 10.6 Å². The largest absolute Gasteiger partial charge is 0.344 e. The van der Waals surface area contributed by atoms with Crippen molar-refractivity contribution in [1.82, 2.24) is 4.31 Å². The van der Waals surface area contributed by atoms with Crippen LogP contribution >= 0.6 is 30.2 Å². The molecule has 0 saturated carbocycles. The summed E-state index contributed by atoms with van der Waals surface area (Å²) >= 11 is 2.01. The van der Waals surface area contributed by atoms with Gasteiger partial charge in [-0.25, -0.2) is 8.42 Å². The van der Waals surface area contributed by atoms with Gasteiger partial charge in [0, 0.05) is 21.7 Å². The van der Waals surface area contributed by atoms with Gasteiger partial charge in [-0.2, -0.15) is 0 Å². The molecule has 0 bridgehead atoms. The Kier molecular flexibility index (Phi) is 7.08. The predicted octanol–water partition coefficient (Wildman–Crippen LogP) is 5.74. The van der Waals surface area contributed by atoms with Crippen LogP contribution < -0.4 is 0 Å². The molecule has 1 saturated heterocycles. The number of hydrogen-bond donors (Lipinski definition) is 0. The standard InChI is InChI=1S/C22H27INO5PS/c1-16-11-12-20(19(23)13-16)31(26,27)24(5)17(2)21(18-9-7-6-8-10-18)30(25)28-14-22(3,4)15-29-30/h6-13,21H,2,14-15H2,1,3-5H3. The summed E-state index contributed by atoms with van der Waals surface area (Å²) in [6.07, 6.45) is 0. The third-order valence-corrected chi connectivity index (χ3v) is 10.5.